The Hall–Kier alpha value is -0.160. The molecule has 16 heavy (non-hydrogen) atoms. The zero-order valence-corrected chi connectivity index (χ0v) is 10.4. The smallest absolute Gasteiger partial charge is 0.0936 e. The van der Waals surface area contributed by atoms with E-state index in [2.05, 4.69) is 24.1 Å². The average Bonchev–Trinajstić information content (AvgIpc) is 2.66. The lowest BCUT2D eigenvalue weighted by molar-refractivity contribution is -0.0960. The monoisotopic (exact) mass is 228 g/mol. The fraction of sp³-hybridized carbons (Fsp3) is 1.00. The minimum Gasteiger partial charge on any atom is -0.376 e. The molecular formula is C12H24N2O2. The molecule has 0 spiro atoms. The van der Waals surface area contributed by atoms with Gasteiger partial charge in [-0.3, -0.25) is 4.90 Å². The molecule has 2 aliphatic rings. The fourth-order valence-corrected chi connectivity index (χ4v) is 2.54. The number of hydrogen-bond acceptors (Lipinski definition) is 4. The van der Waals surface area contributed by atoms with Crippen molar-refractivity contribution in [2.75, 3.05) is 39.5 Å². The summed E-state index contributed by atoms with van der Waals surface area (Å²) < 4.78 is 11.1. The normalized spacial score (nSPS) is 32.4. The van der Waals surface area contributed by atoms with E-state index in [1.807, 2.05) is 0 Å². The van der Waals surface area contributed by atoms with E-state index < -0.39 is 0 Å². The molecule has 94 valence electrons. The van der Waals surface area contributed by atoms with Crippen molar-refractivity contribution in [2.24, 2.45) is 0 Å². The van der Waals surface area contributed by atoms with Crippen molar-refractivity contribution in [1.82, 2.24) is 10.2 Å². The molecule has 2 unspecified atom stereocenters. The second-order valence-corrected chi connectivity index (χ2v) is 5.13. The van der Waals surface area contributed by atoms with Gasteiger partial charge in [0, 0.05) is 25.2 Å². The Morgan fingerprint density at radius 3 is 2.94 bits per heavy atom. The van der Waals surface area contributed by atoms with Crippen LogP contribution in [0.3, 0.4) is 0 Å². The van der Waals surface area contributed by atoms with E-state index in [-0.39, 0.29) is 6.10 Å². The number of nitrogens with one attached hydrogen (secondary N) is 1. The maximum Gasteiger partial charge on any atom is 0.0936 e. The molecule has 4 nitrogen and oxygen atoms in total. The second kappa shape index (κ2) is 5.96. The average molecular weight is 228 g/mol. The Labute approximate surface area is 98.3 Å². The van der Waals surface area contributed by atoms with E-state index in [1.165, 1.54) is 13.0 Å². The molecule has 0 aromatic rings. The van der Waals surface area contributed by atoms with Gasteiger partial charge in [-0.05, 0) is 13.0 Å². The van der Waals surface area contributed by atoms with Gasteiger partial charge in [0.05, 0.1) is 25.9 Å². The predicted molar refractivity (Wildman–Crippen MR) is 63.7 cm³/mol. The zero-order chi connectivity index (χ0) is 11.4. The molecule has 0 radical (unpaired) electrons. The summed E-state index contributed by atoms with van der Waals surface area (Å²) in [4.78, 5) is 2.49. The van der Waals surface area contributed by atoms with Crippen LogP contribution in [0, 0.1) is 0 Å². The van der Waals surface area contributed by atoms with Crippen LogP contribution in [0.5, 0.6) is 0 Å². The third-order valence-electron chi connectivity index (χ3n) is 3.19. The van der Waals surface area contributed by atoms with Gasteiger partial charge in [-0.15, -0.1) is 0 Å². The first-order chi connectivity index (χ1) is 7.74. The molecular weight excluding hydrogens is 204 g/mol. The van der Waals surface area contributed by atoms with E-state index in [1.54, 1.807) is 0 Å². The zero-order valence-electron chi connectivity index (χ0n) is 10.4. The molecule has 0 aromatic carbocycles. The van der Waals surface area contributed by atoms with Crippen molar-refractivity contribution in [2.45, 2.75) is 38.5 Å². The number of ether oxygens (including phenoxy) is 2. The van der Waals surface area contributed by atoms with Gasteiger partial charge in [0.15, 0.2) is 0 Å². The standard InChI is InChI=1S/C12H24N2O2/c1-10(2)13-11-3-4-14(7-11)8-12-9-15-5-6-16-12/h10-13H,3-9H2,1-2H3. The van der Waals surface area contributed by atoms with Crippen LogP contribution < -0.4 is 5.32 Å². The topological polar surface area (TPSA) is 33.7 Å². The van der Waals surface area contributed by atoms with Crippen LogP contribution in [0.15, 0.2) is 0 Å². The second-order valence-electron chi connectivity index (χ2n) is 5.13. The minimum absolute atomic E-state index is 0.284. The highest BCUT2D eigenvalue weighted by atomic mass is 16.6. The van der Waals surface area contributed by atoms with Crippen molar-refractivity contribution >= 4 is 0 Å². The Bertz CT molecular complexity index is 205. The Morgan fingerprint density at radius 2 is 2.25 bits per heavy atom. The first-order valence-electron chi connectivity index (χ1n) is 6.42. The third-order valence-corrected chi connectivity index (χ3v) is 3.19. The number of nitrogens with zero attached hydrogens (tertiary/aromatic N) is 1. The van der Waals surface area contributed by atoms with E-state index in [0.29, 0.717) is 12.1 Å². The van der Waals surface area contributed by atoms with E-state index in [9.17, 15) is 0 Å². The number of rotatable bonds is 4. The van der Waals surface area contributed by atoms with E-state index in [4.69, 9.17) is 9.47 Å². The molecule has 2 saturated heterocycles. The predicted octanol–water partition coefficient (Wildman–Crippen LogP) is 0.474. The number of hydrogen-bond donors (Lipinski definition) is 1. The van der Waals surface area contributed by atoms with Crippen LogP contribution in [0.1, 0.15) is 20.3 Å². The summed E-state index contributed by atoms with van der Waals surface area (Å²) in [6.45, 7) is 10.1. The van der Waals surface area contributed by atoms with Crippen LogP contribution in [0.25, 0.3) is 0 Å². The lowest BCUT2D eigenvalue weighted by Gasteiger charge is -2.27. The van der Waals surface area contributed by atoms with E-state index in [0.717, 1.165) is 32.9 Å². The van der Waals surface area contributed by atoms with Crippen LogP contribution in [0.2, 0.25) is 0 Å². The van der Waals surface area contributed by atoms with Crippen molar-refractivity contribution in [3.8, 4) is 0 Å². The maximum atomic E-state index is 5.67. The molecule has 4 heteroatoms. The number of likely N-dealkylation sites (tertiary alicyclic amines) is 1. The van der Waals surface area contributed by atoms with Gasteiger partial charge in [0.1, 0.15) is 0 Å². The fourth-order valence-electron chi connectivity index (χ4n) is 2.54. The van der Waals surface area contributed by atoms with Crippen LogP contribution in [0.4, 0.5) is 0 Å². The van der Waals surface area contributed by atoms with Crippen molar-refractivity contribution in [1.29, 1.82) is 0 Å². The molecule has 1 N–H and O–H groups in total. The summed E-state index contributed by atoms with van der Waals surface area (Å²) in [5.41, 5.74) is 0. The van der Waals surface area contributed by atoms with Crippen LogP contribution in [-0.2, 0) is 9.47 Å². The maximum absolute atomic E-state index is 5.67. The van der Waals surface area contributed by atoms with Gasteiger partial charge in [0.2, 0.25) is 0 Å². The summed E-state index contributed by atoms with van der Waals surface area (Å²) in [5, 5.41) is 3.60. The van der Waals surface area contributed by atoms with Gasteiger partial charge in [-0.25, -0.2) is 0 Å². The molecule has 2 rings (SSSR count). The lowest BCUT2D eigenvalue weighted by atomic mass is 10.2. The minimum atomic E-state index is 0.284. The van der Waals surface area contributed by atoms with E-state index >= 15 is 0 Å². The van der Waals surface area contributed by atoms with Gasteiger partial charge in [-0.2, -0.15) is 0 Å². The first kappa shape index (κ1) is 12.3. The highest BCUT2D eigenvalue weighted by Gasteiger charge is 2.26. The molecule has 2 heterocycles. The van der Waals surface area contributed by atoms with Gasteiger partial charge < -0.3 is 14.8 Å². The lowest BCUT2D eigenvalue weighted by Crippen LogP contribution is -2.41. The van der Waals surface area contributed by atoms with Crippen molar-refractivity contribution in [3.05, 3.63) is 0 Å². The Balaban J connectivity index is 1.67. The van der Waals surface area contributed by atoms with Crippen LogP contribution in [-0.4, -0.2) is 62.5 Å². The molecule has 0 saturated carbocycles. The molecule has 2 fully saturated rings. The third kappa shape index (κ3) is 3.70. The van der Waals surface area contributed by atoms with Crippen LogP contribution >= 0.6 is 0 Å². The van der Waals surface area contributed by atoms with Crippen molar-refractivity contribution in [3.63, 3.8) is 0 Å². The molecule has 0 bridgehead atoms. The quantitative estimate of drug-likeness (QED) is 0.758. The van der Waals surface area contributed by atoms with Gasteiger partial charge in [0.25, 0.3) is 0 Å². The molecule has 0 aromatic heterocycles. The van der Waals surface area contributed by atoms with Gasteiger partial charge >= 0.3 is 0 Å². The Morgan fingerprint density at radius 1 is 1.38 bits per heavy atom. The highest BCUT2D eigenvalue weighted by Crippen LogP contribution is 2.12. The highest BCUT2D eigenvalue weighted by molar-refractivity contribution is 4.83. The summed E-state index contributed by atoms with van der Waals surface area (Å²) in [7, 11) is 0. The first-order valence-corrected chi connectivity index (χ1v) is 6.42. The molecule has 2 aliphatic heterocycles. The summed E-state index contributed by atoms with van der Waals surface area (Å²) in [6, 6.07) is 1.24. The molecule has 0 aliphatic carbocycles. The molecule has 2 atom stereocenters. The molecule has 0 amide bonds. The summed E-state index contributed by atoms with van der Waals surface area (Å²) in [6.07, 6.45) is 1.54. The largest absolute Gasteiger partial charge is 0.376 e. The summed E-state index contributed by atoms with van der Waals surface area (Å²) in [5.74, 6) is 0. The van der Waals surface area contributed by atoms with Gasteiger partial charge in [-0.1, -0.05) is 13.8 Å². The van der Waals surface area contributed by atoms with Crippen molar-refractivity contribution < 1.29 is 9.47 Å². The summed E-state index contributed by atoms with van der Waals surface area (Å²) >= 11 is 0. The Kier molecular flexibility index (Phi) is 4.58. The SMILES string of the molecule is CC(C)NC1CCN(CC2COCCO2)C1.